The van der Waals surface area contributed by atoms with E-state index in [0.717, 1.165) is 12.2 Å². The standard InChI is InChI=1S/C17H22O/c18-12-17(16-10-11-16)15-8-6-14(7-9-15)13-4-2-1-3-5-13/h6-9,12-13,16-17H,1-5,10-11H2. The SMILES string of the molecule is O=CC(c1ccc(C2CCCCC2)cc1)C1CC1. The number of carbonyl (C=O) groups is 1. The van der Waals surface area contributed by atoms with Crippen LogP contribution in [0.15, 0.2) is 24.3 Å². The molecule has 1 aromatic rings. The summed E-state index contributed by atoms with van der Waals surface area (Å²) in [5, 5.41) is 0. The molecule has 0 bridgehead atoms. The largest absolute Gasteiger partial charge is 0.303 e. The lowest BCUT2D eigenvalue weighted by atomic mass is 9.83. The van der Waals surface area contributed by atoms with Gasteiger partial charge in [-0.15, -0.1) is 0 Å². The van der Waals surface area contributed by atoms with Crippen molar-refractivity contribution in [1.82, 2.24) is 0 Å². The van der Waals surface area contributed by atoms with Gasteiger partial charge in [0.1, 0.15) is 6.29 Å². The molecule has 2 saturated carbocycles. The van der Waals surface area contributed by atoms with Crippen molar-refractivity contribution in [3.8, 4) is 0 Å². The van der Waals surface area contributed by atoms with Crippen LogP contribution in [-0.2, 0) is 4.79 Å². The van der Waals surface area contributed by atoms with Gasteiger partial charge in [0, 0.05) is 5.92 Å². The van der Waals surface area contributed by atoms with Crippen LogP contribution in [0.25, 0.3) is 0 Å². The Labute approximate surface area is 110 Å². The second-order valence-electron chi connectivity index (χ2n) is 6.00. The average Bonchev–Trinajstić information content (AvgIpc) is 3.26. The molecule has 2 fully saturated rings. The van der Waals surface area contributed by atoms with Crippen molar-refractivity contribution in [2.45, 2.75) is 56.8 Å². The molecule has 0 heterocycles. The van der Waals surface area contributed by atoms with Crippen molar-refractivity contribution in [1.29, 1.82) is 0 Å². The van der Waals surface area contributed by atoms with E-state index in [1.165, 1.54) is 56.1 Å². The Morgan fingerprint density at radius 2 is 1.61 bits per heavy atom. The van der Waals surface area contributed by atoms with Crippen molar-refractivity contribution < 1.29 is 4.79 Å². The molecule has 0 amide bonds. The van der Waals surface area contributed by atoms with E-state index in [2.05, 4.69) is 24.3 Å². The van der Waals surface area contributed by atoms with Crippen LogP contribution in [0.2, 0.25) is 0 Å². The normalized spacial score (nSPS) is 22.7. The lowest BCUT2D eigenvalue weighted by Crippen LogP contribution is -2.06. The summed E-state index contributed by atoms with van der Waals surface area (Å²) in [7, 11) is 0. The maximum Gasteiger partial charge on any atom is 0.127 e. The molecule has 0 radical (unpaired) electrons. The van der Waals surface area contributed by atoms with E-state index in [-0.39, 0.29) is 5.92 Å². The second-order valence-corrected chi connectivity index (χ2v) is 6.00. The fraction of sp³-hybridized carbons (Fsp3) is 0.588. The number of hydrogen-bond donors (Lipinski definition) is 0. The Hall–Kier alpha value is -1.11. The average molecular weight is 242 g/mol. The molecule has 1 heteroatoms. The molecule has 2 aliphatic rings. The van der Waals surface area contributed by atoms with Gasteiger partial charge in [0.15, 0.2) is 0 Å². The van der Waals surface area contributed by atoms with E-state index in [9.17, 15) is 4.79 Å². The minimum atomic E-state index is 0.158. The van der Waals surface area contributed by atoms with Gasteiger partial charge in [0.05, 0.1) is 0 Å². The number of carbonyl (C=O) groups excluding carboxylic acids is 1. The molecule has 0 N–H and O–H groups in total. The molecule has 1 nitrogen and oxygen atoms in total. The first-order valence-corrected chi connectivity index (χ1v) is 7.43. The summed E-state index contributed by atoms with van der Waals surface area (Å²) >= 11 is 0. The third-order valence-corrected chi connectivity index (χ3v) is 4.67. The maximum atomic E-state index is 11.2. The predicted molar refractivity (Wildman–Crippen MR) is 73.8 cm³/mol. The van der Waals surface area contributed by atoms with E-state index in [0.29, 0.717) is 5.92 Å². The number of aldehydes is 1. The molecule has 2 aliphatic carbocycles. The zero-order valence-electron chi connectivity index (χ0n) is 11.0. The first-order chi connectivity index (χ1) is 8.88. The van der Waals surface area contributed by atoms with Gasteiger partial charge in [0.25, 0.3) is 0 Å². The molecule has 1 atom stereocenters. The molecule has 1 aromatic carbocycles. The molecule has 0 aliphatic heterocycles. The predicted octanol–water partition coefficient (Wildman–Crippen LogP) is 4.43. The highest BCUT2D eigenvalue weighted by atomic mass is 16.1. The Morgan fingerprint density at radius 1 is 0.944 bits per heavy atom. The van der Waals surface area contributed by atoms with Crippen LogP contribution in [0.4, 0.5) is 0 Å². The summed E-state index contributed by atoms with van der Waals surface area (Å²) < 4.78 is 0. The first-order valence-electron chi connectivity index (χ1n) is 7.43. The van der Waals surface area contributed by atoms with Gasteiger partial charge >= 0.3 is 0 Å². The molecule has 1 unspecified atom stereocenters. The van der Waals surface area contributed by atoms with Gasteiger partial charge in [-0.1, -0.05) is 43.5 Å². The molecule has 0 aromatic heterocycles. The Balaban J connectivity index is 1.73. The number of rotatable bonds is 4. The molecular formula is C17H22O. The summed E-state index contributed by atoms with van der Waals surface area (Å²) in [5.41, 5.74) is 2.71. The molecular weight excluding hydrogens is 220 g/mol. The van der Waals surface area contributed by atoms with Gasteiger partial charge in [-0.05, 0) is 48.6 Å². The lowest BCUT2D eigenvalue weighted by molar-refractivity contribution is -0.109. The number of hydrogen-bond acceptors (Lipinski definition) is 1. The van der Waals surface area contributed by atoms with E-state index in [1.54, 1.807) is 0 Å². The highest BCUT2D eigenvalue weighted by Gasteiger charge is 2.31. The smallest absolute Gasteiger partial charge is 0.127 e. The minimum absolute atomic E-state index is 0.158. The molecule has 96 valence electrons. The van der Waals surface area contributed by atoms with Crippen LogP contribution in [0.3, 0.4) is 0 Å². The summed E-state index contributed by atoms with van der Waals surface area (Å²) in [6.45, 7) is 0. The van der Waals surface area contributed by atoms with Gasteiger partial charge in [-0.3, -0.25) is 0 Å². The molecule has 3 rings (SSSR count). The van der Waals surface area contributed by atoms with Crippen molar-refractivity contribution in [2.24, 2.45) is 5.92 Å². The van der Waals surface area contributed by atoms with Gasteiger partial charge < -0.3 is 4.79 Å². The zero-order chi connectivity index (χ0) is 12.4. The quantitative estimate of drug-likeness (QED) is 0.714. The van der Waals surface area contributed by atoms with Crippen molar-refractivity contribution in [2.75, 3.05) is 0 Å². The third-order valence-electron chi connectivity index (χ3n) is 4.67. The molecule has 18 heavy (non-hydrogen) atoms. The lowest BCUT2D eigenvalue weighted by Gasteiger charge is -2.22. The topological polar surface area (TPSA) is 17.1 Å². The van der Waals surface area contributed by atoms with Crippen LogP contribution >= 0.6 is 0 Å². The summed E-state index contributed by atoms with van der Waals surface area (Å²) in [5.74, 6) is 1.55. The molecule has 0 saturated heterocycles. The Morgan fingerprint density at radius 3 is 2.17 bits per heavy atom. The van der Waals surface area contributed by atoms with Gasteiger partial charge in [-0.2, -0.15) is 0 Å². The molecule has 0 spiro atoms. The monoisotopic (exact) mass is 242 g/mol. The first kappa shape index (κ1) is 12.0. The highest BCUT2D eigenvalue weighted by Crippen LogP contribution is 2.42. The van der Waals surface area contributed by atoms with E-state index in [4.69, 9.17) is 0 Å². The van der Waals surface area contributed by atoms with Crippen LogP contribution in [0.1, 0.15) is 67.9 Å². The van der Waals surface area contributed by atoms with Crippen molar-refractivity contribution >= 4 is 6.29 Å². The van der Waals surface area contributed by atoms with Crippen LogP contribution in [0, 0.1) is 5.92 Å². The van der Waals surface area contributed by atoms with Gasteiger partial charge in [0.2, 0.25) is 0 Å². The van der Waals surface area contributed by atoms with Crippen LogP contribution in [-0.4, -0.2) is 6.29 Å². The van der Waals surface area contributed by atoms with E-state index >= 15 is 0 Å². The zero-order valence-corrected chi connectivity index (χ0v) is 11.0. The fourth-order valence-corrected chi connectivity index (χ4v) is 3.34. The summed E-state index contributed by atoms with van der Waals surface area (Å²) in [6, 6.07) is 8.93. The summed E-state index contributed by atoms with van der Waals surface area (Å²) in [4.78, 5) is 11.2. The van der Waals surface area contributed by atoms with E-state index < -0.39 is 0 Å². The fourth-order valence-electron chi connectivity index (χ4n) is 3.34. The Kier molecular flexibility index (Phi) is 3.49. The van der Waals surface area contributed by atoms with Crippen LogP contribution in [0.5, 0.6) is 0 Å². The van der Waals surface area contributed by atoms with Crippen molar-refractivity contribution in [3.05, 3.63) is 35.4 Å². The third kappa shape index (κ3) is 2.50. The minimum Gasteiger partial charge on any atom is -0.303 e. The second kappa shape index (κ2) is 5.26. The van der Waals surface area contributed by atoms with Gasteiger partial charge in [-0.25, -0.2) is 0 Å². The number of benzene rings is 1. The maximum absolute atomic E-state index is 11.2. The van der Waals surface area contributed by atoms with Crippen molar-refractivity contribution in [3.63, 3.8) is 0 Å². The van der Waals surface area contributed by atoms with Crippen LogP contribution < -0.4 is 0 Å². The van der Waals surface area contributed by atoms with E-state index in [1.807, 2.05) is 0 Å². The summed E-state index contributed by atoms with van der Waals surface area (Å²) in [6.07, 6.45) is 10.5. The Bertz CT molecular complexity index is 396. The highest BCUT2D eigenvalue weighted by molar-refractivity contribution is 5.63.